The predicted molar refractivity (Wildman–Crippen MR) is 59.6 cm³/mol. The maximum absolute atomic E-state index is 11.8. The number of hydrogen-bond donors (Lipinski definition) is 2. The molecule has 0 aliphatic heterocycles. The summed E-state index contributed by atoms with van der Waals surface area (Å²) in [6.07, 6.45) is 5.17. The molecule has 0 spiro atoms. The first kappa shape index (κ1) is 11.4. The fourth-order valence-corrected chi connectivity index (χ4v) is 1.86. The third kappa shape index (κ3) is 2.38. The van der Waals surface area contributed by atoms with Crippen molar-refractivity contribution in [3.63, 3.8) is 0 Å². The number of furan rings is 1. The molecule has 0 radical (unpaired) electrons. The number of amides is 1. The molecule has 1 aromatic rings. The zero-order valence-electron chi connectivity index (χ0n) is 9.34. The van der Waals surface area contributed by atoms with Gasteiger partial charge >= 0.3 is 5.97 Å². The molecule has 0 fully saturated rings. The van der Waals surface area contributed by atoms with Crippen LogP contribution in [0.25, 0.3) is 0 Å². The van der Waals surface area contributed by atoms with Crippen molar-refractivity contribution in [2.24, 2.45) is 5.92 Å². The van der Waals surface area contributed by atoms with Crippen LogP contribution in [0.15, 0.2) is 28.9 Å². The number of carboxylic acids is 1. The lowest BCUT2D eigenvalue weighted by atomic mass is 10.1. The second-order valence-corrected chi connectivity index (χ2v) is 4.04. The minimum atomic E-state index is -0.863. The Labute approximate surface area is 98.1 Å². The summed E-state index contributed by atoms with van der Waals surface area (Å²) in [6.45, 7) is 1.71. The Kier molecular flexibility index (Phi) is 2.99. The van der Waals surface area contributed by atoms with E-state index in [2.05, 4.69) is 5.32 Å². The molecule has 0 bridgehead atoms. The van der Waals surface area contributed by atoms with Crippen molar-refractivity contribution < 1.29 is 19.1 Å². The van der Waals surface area contributed by atoms with Gasteiger partial charge in [0.1, 0.15) is 5.76 Å². The number of aliphatic carboxylic acids is 1. The summed E-state index contributed by atoms with van der Waals surface area (Å²) in [4.78, 5) is 22.5. The molecular weight excluding hydrogens is 222 g/mol. The minimum absolute atomic E-state index is 0.224. The number of hydrogen-bond acceptors (Lipinski definition) is 3. The highest BCUT2D eigenvalue weighted by atomic mass is 16.4. The van der Waals surface area contributed by atoms with Crippen molar-refractivity contribution >= 4 is 11.9 Å². The Morgan fingerprint density at radius 2 is 2.24 bits per heavy atom. The standard InChI is InChI=1S/C12H13NO4/c1-7-10(4-5-17-7)11(14)13-9-3-2-8(6-9)12(15)16/h2-5,8-9H,6H2,1H3,(H,13,14)(H,15,16). The molecule has 17 heavy (non-hydrogen) atoms. The second kappa shape index (κ2) is 4.45. The summed E-state index contributed by atoms with van der Waals surface area (Å²) in [5.74, 6) is -1.06. The molecule has 2 rings (SSSR count). The van der Waals surface area contributed by atoms with Gasteiger partial charge in [-0.1, -0.05) is 12.2 Å². The van der Waals surface area contributed by atoms with Gasteiger partial charge in [0.05, 0.1) is 17.7 Å². The Hall–Kier alpha value is -2.04. The summed E-state index contributed by atoms with van der Waals surface area (Å²) < 4.78 is 5.04. The normalized spacial score (nSPS) is 22.6. The molecule has 5 heteroatoms. The van der Waals surface area contributed by atoms with Crippen LogP contribution in [0.2, 0.25) is 0 Å². The van der Waals surface area contributed by atoms with Crippen molar-refractivity contribution in [2.45, 2.75) is 19.4 Å². The predicted octanol–water partition coefficient (Wildman–Crippen LogP) is 1.35. The highest BCUT2D eigenvalue weighted by Crippen LogP contribution is 2.18. The van der Waals surface area contributed by atoms with E-state index in [4.69, 9.17) is 9.52 Å². The molecule has 0 saturated carbocycles. The monoisotopic (exact) mass is 235 g/mol. The molecule has 5 nitrogen and oxygen atoms in total. The first-order chi connectivity index (χ1) is 8.08. The van der Waals surface area contributed by atoms with E-state index < -0.39 is 11.9 Å². The molecule has 1 amide bonds. The van der Waals surface area contributed by atoms with Gasteiger partial charge in [-0.3, -0.25) is 9.59 Å². The van der Waals surface area contributed by atoms with Gasteiger partial charge in [0, 0.05) is 6.04 Å². The van der Waals surface area contributed by atoms with Crippen LogP contribution in [0.4, 0.5) is 0 Å². The second-order valence-electron chi connectivity index (χ2n) is 4.04. The molecule has 2 N–H and O–H groups in total. The van der Waals surface area contributed by atoms with E-state index in [1.165, 1.54) is 6.26 Å². The lowest BCUT2D eigenvalue weighted by molar-refractivity contribution is -0.140. The summed E-state index contributed by atoms with van der Waals surface area (Å²) in [6, 6.07) is 1.37. The number of rotatable bonds is 3. The van der Waals surface area contributed by atoms with Crippen molar-refractivity contribution in [1.82, 2.24) is 5.32 Å². The summed E-state index contributed by atoms with van der Waals surface area (Å²) >= 11 is 0. The lowest BCUT2D eigenvalue weighted by Crippen LogP contribution is -2.33. The van der Waals surface area contributed by atoms with E-state index in [-0.39, 0.29) is 11.9 Å². The third-order valence-electron chi connectivity index (χ3n) is 2.82. The summed E-state index contributed by atoms with van der Waals surface area (Å²) in [5.41, 5.74) is 0.483. The third-order valence-corrected chi connectivity index (χ3v) is 2.82. The van der Waals surface area contributed by atoms with Gasteiger partial charge in [-0.2, -0.15) is 0 Å². The minimum Gasteiger partial charge on any atom is -0.481 e. The smallest absolute Gasteiger partial charge is 0.310 e. The maximum Gasteiger partial charge on any atom is 0.310 e. The van der Waals surface area contributed by atoms with Crippen LogP contribution in [0.1, 0.15) is 22.5 Å². The average Bonchev–Trinajstić information content (AvgIpc) is 2.86. The number of carbonyl (C=O) groups is 2. The molecular formula is C12H13NO4. The zero-order chi connectivity index (χ0) is 12.4. The van der Waals surface area contributed by atoms with Gasteiger partial charge < -0.3 is 14.8 Å². The van der Waals surface area contributed by atoms with Crippen molar-refractivity contribution in [3.05, 3.63) is 35.8 Å². The summed E-state index contributed by atoms with van der Waals surface area (Å²) in [7, 11) is 0. The SMILES string of the molecule is Cc1occc1C(=O)NC1C=CC(C(=O)O)C1. The van der Waals surface area contributed by atoms with E-state index in [9.17, 15) is 9.59 Å². The Morgan fingerprint density at radius 1 is 1.47 bits per heavy atom. The number of nitrogens with one attached hydrogen (secondary N) is 1. The largest absolute Gasteiger partial charge is 0.481 e. The van der Waals surface area contributed by atoms with Gasteiger partial charge in [-0.05, 0) is 19.4 Å². The molecule has 0 aromatic carbocycles. The molecule has 0 saturated heterocycles. The fourth-order valence-electron chi connectivity index (χ4n) is 1.86. The summed E-state index contributed by atoms with van der Waals surface area (Å²) in [5, 5.41) is 11.6. The fraction of sp³-hybridized carbons (Fsp3) is 0.333. The number of carbonyl (C=O) groups excluding carboxylic acids is 1. The molecule has 90 valence electrons. The topological polar surface area (TPSA) is 79.5 Å². The van der Waals surface area contributed by atoms with Gasteiger partial charge in [0.25, 0.3) is 5.91 Å². The first-order valence-corrected chi connectivity index (χ1v) is 5.34. The molecule has 1 aliphatic carbocycles. The van der Waals surface area contributed by atoms with E-state index in [1.807, 2.05) is 0 Å². The molecule has 2 unspecified atom stereocenters. The van der Waals surface area contributed by atoms with Crippen LogP contribution in [0, 0.1) is 12.8 Å². The number of carboxylic acid groups (broad SMARTS) is 1. The van der Waals surface area contributed by atoms with E-state index in [1.54, 1.807) is 25.1 Å². The van der Waals surface area contributed by atoms with Crippen molar-refractivity contribution in [2.75, 3.05) is 0 Å². The first-order valence-electron chi connectivity index (χ1n) is 5.34. The Morgan fingerprint density at radius 3 is 2.76 bits per heavy atom. The van der Waals surface area contributed by atoms with Crippen LogP contribution < -0.4 is 5.32 Å². The van der Waals surface area contributed by atoms with Crippen LogP contribution in [-0.2, 0) is 4.79 Å². The molecule has 1 aliphatic rings. The Bertz CT molecular complexity index is 475. The molecule has 2 atom stereocenters. The van der Waals surface area contributed by atoms with Crippen molar-refractivity contribution in [1.29, 1.82) is 0 Å². The highest BCUT2D eigenvalue weighted by Gasteiger charge is 2.26. The maximum atomic E-state index is 11.8. The average molecular weight is 235 g/mol. The van der Waals surface area contributed by atoms with Crippen LogP contribution >= 0.6 is 0 Å². The van der Waals surface area contributed by atoms with Gasteiger partial charge in [0.15, 0.2) is 0 Å². The molecule has 1 heterocycles. The quantitative estimate of drug-likeness (QED) is 0.775. The lowest BCUT2D eigenvalue weighted by Gasteiger charge is -2.11. The molecule has 1 aromatic heterocycles. The number of aryl methyl sites for hydroxylation is 1. The Balaban J connectivity index is 1.96. The van der Waals surface area contributed by atoms with Gasteiger partial charge in [-0.25, -0.2) is 0 Å². The van der Waals surface area contributed by atoms with Crippen molar-refractivity contribution in [3.8, 4) is 0 Å². The van der Waals surface area contributed by atoms with Gasteiger partial charge in [0.2, 0.25) is 0 Å². The van der Waals surface area contributed by atoms with E-state index >= 15 is 0 Å². The van der Waals surface area contributed by atoms with E-state index in [0.717, 1.165) is 0 Å². The van der Waals surface area contributed by atoms with Crippen LogP contribution in [0.5, 0.6) is 0 Å². The zero-order valence-corrected chi connectivity index (χ0v) is 9.34. The van der Waals surface area contributed by atoms with Gasteiger partial charge in [-0.15, -0.1) is 0 Å². The highest BCUT2D eigenvalue weighted by molar-refractivity contribution is 5.95. The van der Waals surface area contributed by atoms with Crippen LogP contribution in [-0.4, -0.2) is 23.0 Å². The van der Waals surface area contributed by atoms with Crippen LogP contribution in [0.3, 0.4) is 0 Å². The van der Waals surface area contributed by atoms with E-state index in [0.29, 0.717) is 17.7 Å².